The molecule has 1 aliphatic heterocycles. The van der Waals surface area contributed by atoms with Gasteiger partial charge >= 0.3 is 5.97 Å². The molecule has 1 aliphatic rings. The summed E-state index contributed by atoms with van der Waals surface area (Å²) >= 11 is 1.25. The lowest BCUT2D eigenvalue weighted by Gasteiger charge is -2.21. The first-order valence-corrected chi connectivity index (χ1v) is 9.21. The standard InChI is InChI=1S/C18H18FN3O3S/c1-3-25-18(24)15-16(23)11-6-12(19)14(21-5-4-10(20)8-21)7-13(11)22-9(2)26-17(15)22/h6-7,10H,2-5,8,20H2,1H3. The molecule has 2 N–H and O–H groups in total. The Labute approximate surface area is 152 Å². The summed E-state index contributed by atoms with van der Waals surface area (Å²) in [5.74, 6) is -1.20. The van der Waals surface area contributed by atoms with Crippen molar-refractivity contribution in [2.24, 2.45) is 5.73 Å². The number of ether oxygens (including phenoxy) is 1. The van der Waals surface area contributed by atoms with Crippen LogP contribution in [0.4, 0.5) is 10.1 Å². The number of halogens is 1. The molecule has 8 heteroatoms. The molecule has 0 amide bonds. The number of nitrogens with two attached hydrogens (primary N) is 1. The lowest BCUT2D eigenvalue weighted by molar-refractivity contribution is 0.0527. The zero-order valence-corrected chi connectivity index (χ0v) is 15.1. The summed E-state index contributed by atoms with van der Waals surface area (Å²) < 4.78 is 22.1. The van der Waals surface area contributed by atoms with Crippen molar-refractivity contribution in [2.45, 2.75) is 19.4 Å². The van der Waals surface area contributed by atoms with E-state index in [9.17, 15) is 14.0 Å². The number of anilines is 1. The Morgan fingerprint density at radius 2 is 2.27 bits per heavy atom. The van der Waals surface area contributed by atoms with Crippen molar-refractivity contribution in [1.82, 2.24) is 4.40 Å². The molecule has 1 atom stereocenters. The second-order valence-corrected chi connectivity index (χ2v) is 7.44. The molecule has 0 spiro atoms. The van der Waals surface area contributed by atoms with Gasteiger partial charge in [0.05, 0.1) is 27.9 Å². The average molecular weight is 375 g/mol. The number of esters is 1. The molecule has 0 aliphatic carbocycles. The van der Waals surface area contributed by atoms with E-state index >= 15 is 0 Å². The van der Waals surface area contributed by atoms with Gasteiger partial charge in [0.25, 0.3) is 0 Å². The highest BCUT2D eigenvalue weighted by molar-refractivity contribution is 7.17. The van der Waals surface area contributed by atoms with Crippen LogP contribution in [0.2, 0.25) is 0 Å². The monoisotopic (exact) mass is 375 g/mol. The van der Waals surface area contributed by atoms with Crippen molar-refractivity contribution >= 4 is 45.3 Å². The number of hydrogen-bond donors (Lipinski definition) is 1. The van der Waals surface area contributed by atoms with Gasteiger partial charge in [-0.15, -0.1) is 0 Å². The van der Waals surface area contributed by atoms with Gasteiger partial charge in [-0.3, -0.25) is 9.20 Å². The van der Waals surface area contributed by atoms with E-state index in [4.69, 9.17) is 10.5 Å². The Balaban J connectivity index is 1.99. The predicted molar refractivity (Wildman–Crippen MR) is 101 cm³/mol. The smallest absolute Gasteiger partial charge is 0.345 e. The molecule has 1 aromatic carbocycles. The molecule has 4 rings (SSSR count). The molecule has 0 bridgehead atoms. The summed E-state index contributed by atoms with van der Waals surface area (Å²) in [5, 5.41) is 0.142. The predicted octanol–water partition coefficient (Wildman–Crippen LogP) is 1.50. The Kier molecular flexibility index (Phi) is 3.96. The highest BCUT2D eigenvalue weighted by atomic mass is 32.1. The van der Waals surface area contributed by atoms with Crippen molar-refractivity contribution in [3.8, 4) is 0 Å². The quantitative estimate of drug-likeness (QED) is 0.702. The van der Waals surface area contributed by atoms with Gasteiger partial charge in [0.15, 0.2) is 0 Å². The van der Waals surface area contributed by atoms with Crippen LogP contribution in [0.1, 0.15) is 23.7 Å². The van der Waals surface area contributed by atoms with Crippen LogP contribution in [0.5, 0.6) is 0 Å². The SMILES string of the molecule is C=c1sc2c(C(=O)OCC)c(=O)c3cc(F)c(N4CCC(N)C4)cc3n12. The normalized spacial score (nSPS) is 17.5. The number of aromatic nitrogens is 1. The number of fused-ring (bicyclic) bond motifs is 3. The fraction of sp³-hybridized carbons (Fsp3) is 0.333. The number of benzene rings is 1. The minimum Gasteiger partial charge on any atom is -0.462 e. The van der Waals surface area contributed by atoms with Crippen LogP contribution in [0.15, 0.2) is 16.9 Å². The van der Waals surface area contributed by atoms with Gasteiger partial charge < -0.3 is 15.4 Å². The summed E-state index contributed by atoms with van der Waals surface area (Å²) in [5.41, 5.74) is 6.30. The third-order valence-corrected chi connectivity index (χ3v) is 5.70. The van der Waals surface area contributed by atoms with E-state index in [2.05, 4.69) is 6.58 Å². The van der Waals surface area contributed by atoms with Crippen LogP contribution < -0.4 is 20.7 Å². The lowest BCUT2D eigenvalue weighted by Crippen LogP contribution is -2.28. The van der Waals surface area contributed by atoms with Crippen LogP contribution in [0, 0.1) is 5.82 Å². The molecule has 1 fully saturated rings. The van der Waals surface area contributed by atoms with E-state index in [1.807, 2.05) is 4.90 Å². The van der Waals surface area contributed by atoms with Gasteiger partial charge in [0.1, 0.15) is 16.2 Å². The molecule has 26 heavy (non-hydrogen) atoms. The molecule has 6 nitrogen and oxygen atoms in total. The Bertz CT molecular complexity index is 1140. The van der Waals surface area contributed by atoms with Crippen LogP contribution in [0.25, 0.3) is 22.3 Å². The largest absolute Gasteiger partial charge is 0.462 e. The van der Waals surface area contributed by atoms with Crippen molar-refractivity contribution in [1.29, 1.82) is 0 Å². The molecule has 3 heterocycles. The van der Waals surface area contributed by atoms with E-state index < -0.39 is 17.2 Å². The molecule has 0 saturated carbocycles. The van der Waals surface area contributed by atoms with E-state index in [1.54, 1.807) is 17.4 Å². The zero-order chi connectivity index (χ0) is 18.6. The molecule has 1 unspecified atom stereocenters. The highest BCUT2D eigenvalue weighted by Gasteiger charge is 2.26. The second-order valence-electron chi connectivity index (χ2n) is 6.38. The van der Waals surface area contributed by atoms with Gasteiger partial charge in [-0.2, -0.15) is 0 Å². The molecule has 2 aromatic heterocycles. The van der Waals surface area contributed by atoms with Gasteiger partial charge in [0.2, 0.25) is 5.43 Å². The molecule has 136 valence electrons. The minimum atomic E-state index is -0.696. The fourth-order valence-electron chi connectivity index (χ4n) is 3.46. The number of nitrogens with zero attached hydrogens (tertiary/aromatic N) is 2. The molecule has 3 aromatic rings. The van der Waals surface area contributed by atoms with Crippen molar-refractivity contribution in [2.75, 3.05) is 24.6 Å². The minimum absolute atomic E-state index is 0.00691. The molecule has 1 saturated heterocycles. The maximum atomic E-state index is 14.7. The summed E-state index contributed by atoms with van der Waals surface area (Å²) in [4.78, 5) is 27.4. The molecule has 0 radical (unpaired) electrons. The van der Waals surface area contributed by atoms with Crippen molar-refractivity contribution in [3.63, 3.8) is 0 Å². The van der Waals surface area contributed by atoms with Crippen LogP contribution in [0.3, 0.4) is 0 Å². The number of pyridine rings is 1. The topological polar surface area (TPSA) is 77.0 Å². The molecular formula is C18H18FN3O3S. The summed E-state index contributed by atoms with van der Waals surface area (Å²) in [6.07, 6.45) is 0.792. The Morgan fingerprint density at radius 1 is 1.50 bits per heavy atom. The summed E-state index contributed by atoms with van der Waals surface area (Å²) in [6.45, 7) is 6.99. The summed E-state index contributed by atoms with van der Waals surface area (Å²) in [6, 6.07) is 2.85. The Morgan fingerprint density at radius 3 is 2.88 bits per heavy atom. The van der Waals surface area contributed by atoms with Gasteiger partial charge in [0, 0.05) is 19.1 Å². The maximum Gasteiger partial charge on any atom is 0.345 e. The average Bonchev–Trinajstić information content (AvgIpc) is 3.01. The van der Waals surface area contributed by atoms with Gasteiger partial charge in [-0.25, -0.2) is 9.18 Å². The molecular weight excluding hydrogens is 357 g/mol. The van der Waals surface area contributed by atoms with Gasteiger partial charge in [-0.05, 0) is 25.5 Å². The third-order valence-electron chi connectivity index (χ3n) is 4.70. The number of carbonyl (C=O) groups is 1. The fourth-order valence-corrected chi connectivity index (χ4v) is 4.41. The van der Waals surface area contributed by atoms with Gasteiger partial charge in [-0.1, -0.05) is 17.9 Å². The van der Waals surface area contributed by atoms with E-state index in [0.29, 0.717) is 33.8 Å². The second kappa shape index (κ2) is 6.07. The Hall–Kier alpha value is -2.45. The van der Waals surface area contributed by atoms with Crippen LogP contribution >= 0.6 is 11.3 Å². The van der Waals surface area contributed by atoms with Crippen LogP contribution in [-0.2, 0) is 4.74 Å². The summed E-state index contributed by atoms with van der Waals surface area (Å²) in [7, 11) is 0. The zero-order valence-electron chi connectivity index (χ0n) is 14.3. The number of hydrogen-bond acceptors (Lipinski definition) is 6. The van der Waals surface area contributed by atoms with E-state index in [0.717, 1.165) is 6.42 Å². The van der Waals surface area contributed by atoms with E-state index in [1.165, 1.54) is 17.4 Å². The number of rotatable bonds is 3. The number of carbonyl (C=O) groups excluding carboxylic acids is 1. The first-order valence-electron chi connectivity index (χ1n) is 8.39. The van der Waals surface area contributed by atoms with E-state index in [-0.39, 0.29) is 23.6 Å². The van der Waals surface area contributed by atoms with Crippen molar-refractivity contribution in [3.05, 3.63) is 38.4 Å². The van der Waals surface area contributed by atoms with Crippen molar-refractivity contribution < 1.29 is 13.9 Å². The first kappa shape index (κ1) is 17.0. The lowest BCUT2D eigenvalue weighted by atomic mass is 10.1. The maximum absolute atomic E-state index is 14.7. The third kappa shape index (κ3) is 2.40. The van der Waals surface area contributed by atoms with Crippen LogP contribution in [-0.4, -0.2) is 36.1 Å². The first-order chi connectivity index (χ1) is 12.4. The highest BCUT2D eigenvalue weighted by Crippen LogP contribution is 2.29.